The molecular weight excluding hydrogens is 214 g/mol. The largest absolute Gasteiger partial charge is 0.370 e. The number of hydrogen-bond donors (Lipinski definition) is 1. The molecule has 0 aliphatic carbocycles. The van der Waals surface area contributed by atoms with Crippen LogP contribution >= 0.6 is 0 Å². The number of rotatable bonds is 2. The summed E-state index contributed by atoms with van der Waals surface area (Å²) < 4.78 is 7.43. The average Bonchev–Trinajstić information content (AvgIpc) is 2.89. The molecule has 0 fully saturated rings. The number of aryl methyl sites for hydroxylation is 1. The number of fused-ring (bicyclic) bond motifs is 1. The number of ether oxygens (including phenoxy) is 1. The van der Waals surface area contributed by atoms with Crippen molar-refractivity contribution in [1.82, 2.24) is 9.78 Å². The van der Waals surface area contributed by atoms with Gasteiger partial charge in [-0.1, -0.05) is 12.1 Å². The van der Waals surface area contributed by atoms with Crippen LogP contribution in [0, 0.1) is 6.92 Å². The van der Waals surface area contributed by atoms with Crippen molar-refractivity contribution in [2.75, 3.05) is 0 Å². The second-order valence-corrected chi connectivity index (χ2v) is 4.32. The summed E-state index contributed by atoms with van der Waals surface area (Å²) in [5.41, 5.74) is 11.3. The van der Waals surface area contributed by atoms with Gasteiger partial charge in [-0.15, -0.1) is 0 Å². The Hall–Kier alpha value is -1.65. The first-order valence-corrected chi connectivity index (χ1v) is 5.74. The normalized spacial score (nSPS) is 14.0. The molecule has 2 heterocycles. The second kappa shape index (κ2) is 3.98. The van der Waals surface area contributed by atoms with Crippen LogP contribution in [0.4, 0.5) is 0 Å². The maximum absolute atomic E-state index is 5.71. The lowest BCUT2D eigenvalue weighted by atomic mass is 10.2. The summed E-state index contributed by atoms with van der Waals surface area (Å²) in [6, 6.07) is 8.29. The number of nitrogens with two attached hydrogens (primary N) is 1. The highest BCUT2D eigenvalue weighted by Crippen LogP contribution is 2.26. The van der Waals surface area contributed by atoms with Crippen LogP contribution in [0.5, 0.6) is 0 Å². The summed E-state index contributed by atoms with van der Waals surface area (Å²) in [6.45, 7) is 3.79. The van der Waals surface area contributed by atoms with Gasteiger partial charge in [0.2, 0.25) is 0 Å². The summed E-state index contributed by atoms with van der Waals surface area (Å²) in [5, 5.41) is 4.57. The smallest absolute Gasteiger partial charge is 0.0897 e. The predicted octanol–water partition coefficient (Wildman–Crippen LogP) is 1.67. The van der Waals surface area contributed by atoms with E-state index in [2.05, 4.69) is 30.2 Å². The van der Waals surface area contributed by atoms with Crippen LogP contribution in [0.1, 0.15) is 22.5 Å². The predicted molar refractivity (Wildman–Crippen MR) is 64.7 cm³/mol. The van der Waals surface area contributed by atoms with Crippen molar-refractivity contribution in [3.05, 3.63) is 46.8 Å². The zero-order valence-corrected chi connectivity index (χ0v) is 9.81. The lowest BCUT2D eigenvalue weighted by Gasteiger charge is -2.05. The van der Waals surface area contributed by atoms with E-state index in [1.165, 1.54) is 5.56 Å². The maximum Gasteiger partial charge on any atom is 0.0897 e. The third-order valence-electron chi connectivity index (χ3n) is 3.10. The average molecular weight is 229 g/mol. The van der Waals surface area contributed by atoms with Gasteiger partial charge in [0.1, 0.15) is 0 Å². The van der Waals surface area contributed by atoms with E-state index in [-0.39, 0.29) is 0 Å². The van der Waals surface area contributed by atoms with E-state index < -0.39 is 0 Å². The third-order valence-corrected chi connectivity index (χ3v) is 3.10. The topological polar surface area (TPSA) is 53.1 Å². The quantitative estimate of drug-likeness (QED) is 0.852. The van der Waals surface area contributed by atoms with Crippen molar-refractivity contribution < 1.29 is 4.74 Å². The van der Waals surface area contributed by atoms with Gasteiger partial charge in [0.15, 0.2) is 0 Å². The molecule has 0 saturated heterocycles. The van der Waals surface area contributed by atoms with E-state index in [4.69, 9.17) is 10.5 Å². The molecule has 88 valence electrons. The fourth-order valence-electron chi connectivity index (χ4n) is 2.24. The van der Waals surface area contributed by atoms with Gasteiger partial charge in [-0.25, -0.2) is 4.68 Å². The highest BCUT2D eigenvalue weighted by molar-refractivity contribution is 5.40. The highest BCUT2D eigenvalue weighted by Gasteiger charge is 2.22. The van der Waals surface area contributed by atoms with E-state index >= 15 is 0 Å². The molecule has 17 heavy (non-hydrogen) atoms. The van der Waals surface area contributed by atoms with Crippen LogP contribution in [0.3, 0.4) is 0 Å². The fraction of sp³-hybridized carbons (Fsp3) is 0.308. The number of aromatic nitrogens is 2. The number of nitrogens with zero attached hydrogens (tertiary/aromatic N) is 2. The van der Waals surface area contributed by atoms with Gasteiger partial charge >= 0.3 is 0 Å². The zero-order chi connectivity index (χ0) is 11.8. The van der Waals surface area contributed by atoms with Gasteiger partial charge < -0.3 is 10.5 Å². The highest BCUT2D eigenvalue weighted by atomic mass is 16.5. The molecule has 1 aliphatic heterocycles. The van der Waals surface area contributed by atoms with E-state index in [0.717, 1.165) is 22.6 Å². The van der Waals surface area contributed by atoms with Gasteiger partial charge in [0.05, 0.1) is 30.3 Å². The Kier molecular flexibility index (Phi) is 2.46. The number of hydrogen-bond acceptors (Lipinski definition) is 3. The van der Waals surface area contributed by atoms with Gasteiger partial charge in [0.25, 0.3) is 0 Å². The Labute approximate surface area is 100 Å². The van der Waals surface area contributed by atoms with Gasteiger partial charge in [-0.2, -0.15) is 5.10 Å². The molecule has 0 bridgehead atoms. The molecule has 0 radical (unpaired) electrons. The van der Waals surface area contributed by atoms with Crippen molar-refractivity contribution in [3.63, 3.8) is 0 Å². The first-order valence-electron chi connectivity index (χ1n) is 5.74. The van der Waals surface area contributed by atoms with Crippen molar-refractivity contribution in [3.8, 4) is 5.69 Å². The molecule has 0 spiro atoms. The molecule has 4 nitrogen and oxygen atoms in total. The van der Waals surface area contributed by atoms with E-state index in [0.29, 0.717) is 19.8 Å². The van der Waals surface area contributed by atoms with Crippen molar-refractivity contribution in [2.45, 2.75) is 26.7 Å². The summed E-state index contributed by atoms with van der Waals surface area (Å²) in [5.74, 6) is 0. The van der Waals surface area contributed by atoms with Crippen LogP contribution in [-0.2, 0) is 24.5 Å². The Bertz CT molecular complexity index is 560. The van der Waals surface area contributed by atoms with Crippen LogP contribution in [0.25, 0.3) is 5.69 Å². The second-order valence-electron chi connectivity index (χ2n) is 4.32. The van der Waals surface area contributed by atoms with E-state index in [1.54, 1.807) is 0 Å². The standard InChI is InChI=1S/C13H15N3O/c1-9-3-2-4-10(5-9)16-13-8-17-7-11(13)12(6-14)15-16/h2-5H,6-8,14H2,1H3. The Morgan fingerprint density at radius 2 is 2.29 bits per heavy atom. The molecular formula is C13H15N3O. The minimum atomic E-state index is 0.463. The minimum absolute atomic E-state index is 0.463. The van der Waals surface area contributed by atoms with Crippen LogP contribution in [-0.4, -0.2) is 9.78 Å². The Balaban J connectivity index is 2.15. The van der Waals surface area contributed by atoms with Crippen LogP contribution in [0.2, 0.25) is 0 Å². The molecule has 3 rings (SSSR count). The molecule has 0 saturated carbocycles. The summed E-state index contributed by atoms with van der Waals surface area (Å²) >= 11 is 0. The van der Waals surface area contributed by atoms with Crippen molar-refractivity contribution >= 4 is 0 Å². The Morgan fingerprint density at radius 1 is 1.41 bits per heavy atom. The molecule has 0 amide bonds. The summed E-state index contributed by atoms with van der Waals surface area (Å²) in [6.07, 6.45) is 0. The van der Waals surface area contributed by atoms with Gasteiger partial charge in [-0.3, -0.25) is 0 Å². The number of benzene rings is 1. The first kappa shape index (κ1) is 10.5. The fourth-order valence-corrected chi connectivity index (χ4v) is 2.24. The molecule has 0 unspecified atom stereocenters. The van der Waals surface area contributed by atoms with Crippen molar-refractivity contribution in [2.24, 2.45) is 5.73 Å². The molecule has 0 atom stereocenters. The van der Waals surface area contributed by atoms with E-state index in [1.807, 2.05) is 10.7 Å². The third kappa shape index (κ3) is 1.66. The van der Waals surface area contributed by atoms with Crippen LogP contribution < -0.4 is 5.73 Å². The summed E-state index contributed by atoms with van der Waals surface area (Å²) in [4.78, 5) is 0. The molecule has 4 heteroatoms. The van der Waals surface area contributed by atoms with Gasteiger partial charge in [-0.05, 0) is 24.6 Å². The molecule has 1 aromatic heterocycles. The SMILES string of the molecule is Cc1cccc(-n2nc(CN)c3c2COC3)c1. The van der Waals surface area contributed by atoms with Crippen LogP contribution in [0.15, 0.2) is 24.3 Å². The lowest BCUT2D eigenvalue weighted by Crippen LogP contribution is -2.04. The maximum atomic E-state index is 5.71. The van der Waals surface area contributed by atoms with Gasteiger partial charge in [0, 0.05) is 12.1 Å². The molecule has 1 aliphatic rings. The first-order chi connectivity index (χ1) is 8.29. The van der Waals surface area contributed by atoms with Crippen molar-refractivity contribution in [1.29, 1.82) is 0 Å². The molecule has 1 aromatic carbocycles. The molecule has 2 N–H and O–H groups in total. The minimum Gasteiger partial charge on any atom is -0.370 e. The molecule has 2 aromatic rings. The summed E-state index contributed by atoms with van der Waals surface area (Å²) in [7, 11) is 0. The monoisotopic (exact) mass is 229 g/mol. The lowest BCUT2D eigenvalue weighted by molar-refractivity contribution is 0.130. The Morgan fingerprint density at radius 3 is 3.06 bits per heavy atom. The van der Waals surface area contributed by atoms with E-state index in [9.17, 15) is 0 Å². The zero-order valence-electron chi connectivity index (χ0n) is 9.81.